The minimum atomic E-state index is 0.603. The van der Waals surface area contributed by atoms with Gasteiger partial charge in [-0.3, -0.25) is 0 Å². The highest BCUT2D eigenvalue weighted by molar-refractivity contribution is 9.10. The van der Waals surface area contributed by atoms with Crippen molar-refractivity contribution in [3.8, 4) is 0 Å². The molecule has 2 aromatic rings. The van der Waals surface area contributed by atoms with Crippen LogP contribution in [0, 0.1) is 0 Å². The fraction of sp³-hybridized carbons (Fsp3) is 0.273. The van der Waals surface area contributed by atoms with Gasteiger partial charge in [0.1, 0.15) is 5.58 Å². The number of rotatable bonds is 3. The first-order valence-electron chi connectivity index (χ1n) is 4.55. The summed E-state index contributed by atoms with van der Waals surface area (Å²) in [6.45, 7) is 3.31. The summed E-state index contributed by atoms with van der Waals surface area (Å²) in [5.74, 6) is 0. The zero-order valence-electron chi connectivity index (χ0n) is 7.92. The molecule has 1 aromatic carbocycles. The van der Waals surface area contributed by atoms with Gasteiger partial charge in [0.2, 0.25) is 0 Å². The van der Waals surface area contributed by atoms with E-state index in [2.05, 4.69) is 15.9 Å². The van der Waals surface area contributed by atoms with Gasteiger partial charge in [0.25, 0.3) is 0 Å². The summed E-state index contributed by atoms with van der Waals surface area (Å²) >= 11 is 3.50. The molecule has 0 atom stereocenters. The quantitative estimate of drug-likeness (QED) is 0.833. The van der Waals surface area contributed by atoms with Crippen molar-refractivity contribution < 1.29 is 9.15 Å². The normalized spacial score (nSPS) is 11.0. The van der Waals surface area contributed by atoms with Crippen molar-refractivity contribution in [2.24, 2.45) is 0 Å². The van der Waals surface area contributed by atoms with Crippen LogP contribution >= 0.6 is 15.9 Å². The zero-order valence-corrected chi connectivity index (χ0v) is 9.50. The number of halogens is 1. The fourth-order valence-corrected chi connectivity index (χ4v) is 2.03. The Morgan fingerprint density at radius 1 is 1.43 bits per heavy atom. The van der Waals surface area contributed by atoms with Crippen LogP contribution in [0.5, 0.6) is 0 Å². The average molecular weight is 255 g/mol. The fourth-order valence-electron chi connectivity index (χ4n) is 1.43. The van der Waals surface area contributed by atoms with Crippen LogP contribution in [-0.4, -0.2) is 6.61 Å². The zero-order chi connectivity index (χ0) is 9.97. The van der Waals surface area contributed by atoms with Gasteiger partial charge < -0.3 is 9.15 Å². The second-order valence-corrected chi connectivity index (χ2v) is 3.87. The molecule has 74 valence electrons. The third-order valence-corrected chi connectivity index (χ3v) is 2.75. The van der Waals surface area contributed by atoms with Gasteiger partial charge >= 0.3 is 0 Å². The molecular weight excluding hydrogens is 244 g/mol. The summed E-state index contributed by atoms with van der Waals surface area (Å²) in [6.07, 6.45) is 1.76. The third-order valence-electron chi connectivity index (χ3n) is 2.09. The van der Waals surface area contributed by atoms with Gasteiger partial charge in [-0.15, -0.1) is 0 Å². The summed E-state index contributed by atoms with van der Waals surface area (Å²) in [5.41, 5.74) is 1.99. The number of ether oxygens (including phenoxy) is 1. The summed E-state index contributed by atoms with van der Waals surface area (Å²) in [6, 6.07) is 5.92. The summed E-state index contributed by atoms with van der Waals surface area (Å²) in [5, 5.41) is 1.11. The van der Waals surface area contributed by atoms with Gasteiger partial charge in [-0.05, 0) is 19.1 Å². The molecule has 3 heteroatoms. The lowest BCUT2D eigenvalue weighted by Crippen LogP contribution is -1.90. The SMILES string of the molecule is CCOCc1coc2cccc(Br)c12. The van der Waals surface area contributed by atoms with Crippen molar-refractivity contribution in [3.63, 3.8) is 0 Å². The van der Waals surface area contributed by atoms with Crippen LogP contribution in [-0.2, 0) is 11.3 Å². The summed E-state index contributed by atoms with van der Waals surface area (Å²) < 4.78 is 11.8. The predicted octanol–water partition coefficient (Wildman–Crippen LogP) is 3.73. The first-order chi connectivity index (χ1) is 6.83. The van der Waals surface area contributed by atoms with Gasteiger partial charge in [0, 0.05) is 22.0 Å². The monoisotopic (exact) mass is 254 g/mol. The van der Waals surface area contributed by atoms with Crippen LogP contribution in [0.4, 0.5) is 0 Å². The van der Waals surface area contributed by atoms with E-state index in [9.17, 15) is 0 Å². The lowest BCUT2D eigenvalue weighted by atomic mass is 10.2. The van der Waals surface area contributed by atoms with E-state index in [4.69, 9.17) is 9.15 Å². The molecule has 0 bridgehead atoms. The molecule has 0 spiro atoms. The van der Waals surface area contributed by atoms with Crippen molar-refractivity contribution in [1.29, 1.82) is 0 Å². The Balaban J connectivity index is 2.45. The van der Waals surface area contributed by atoms with E-state index in [0.29, 0.717) is 6.61 Å². The lowest BCUT2D eigenvalue weighted by Gasteiger charge is -1.99. The Labute approximate surface area is 91.0 Å². The van der Waals surface area contributed by atoms with E-state index in [-0.39, 0.29) is 0 Å². The number of furan rings is 1. The van der Waals surface area contributed by atoms with E-state index < -0.39 is 0 Å². The Bertz CT molecular complexity index is 434. The Morgan fingerprint density at radius 3 is 3.07 bits per heavy atom. The van der Waals surface area contributed by atoms with Crippen LogP contribution in [0.3, 0.4) is 0 Å². The number of benzene rings is 1. The molecule has 14 heavy (non-hydrogen) atoms. The second kappa shape index (κ2) is 4.15. The van der Waals surface area contributed by atoms with E-state index in [0.717, 1.165) is 27.6 Å². The molecule has 1 aromatic heterocycles. The second-order valence-electron chi connectivity index (χ2n) is 3.01. The summed E-state index contributed by atoms with van der Waals surface area (Å²) in [7, 11) is 0. The Kier molecular flexibility index (Phi) is 2.89. The van der Waals surface area contributed by atoms with Gasteiger partial charge in [-0.2, -0.15) is 0 Å². The maximum absolute atomic E-state index is 5.42. The van der Waals surface area contributed by atoms with Crippen molar-refractivity contribution in [2.45, 2.75) is 13.5 Å². The molecule has 0 aliphatic heterocycles. The minimum absolute atomic E-state index is 0.603. The van der Waals surface area contributed by atoms with Crippen LogP contribution in [0.2, 0.25) is 0 Å². The van der Waals surface area contributed by atoms with Crippen molar-refractivity contribution in [3.05, 3.63) is 34.5 Å². The number of fused-ring (bicyclic) bond motifs is 1. The highest BCUT2D eigenvalue weighted by Crippen LogP contribution is 2.29. The number of hydrogen-bond acceptors (Lipinski definition) is 2. The maximum atomic E-state index is 5.42. The molecule has 0 N–H and O–H groups in total. The van der Waals surface area contributed by atoms with E-state index in [1.165, 1.54) is 0 Å². The molecule has 0 unspecified atom stereocenters. The molecule has 0 radical (unpaired) electrons. The third kappa shape index (κ3) is 1.70. The molecular formula is C11H11BrO2. The standard InChI is InChI=1S/C11H11BrO2/c1-2-13-6-8-7-14-10-5-3-4-9(12)11(8)10/h3-5,7H,2,6H2,1H3. The topological polar surface area (TPSA) is 22.4 Å². The smallest absolute Gasteiger partial charge is 0.135 e. The van der Waals surface area contributed by atoms with Crippen LogP contribution in [0.15, 0.2) is 33.4 Å². The number of hydrogen-bond donors (Lipinski definition) is 0. The molecule has 2 rings (SSSR count). The van der Waals surface area contributed by atoms with E-state index >= 15 is 0 Å². The van der Waals surface area contributed by atoms with E-state index in [1.54, 1.807) is 6.26 Å². The first-order valence-corrected chi connectivity index (χ1v) is 5.34. The Hall–Kier alpha value is -0.800. The Morgan fingerprint density at radius 2 is 2.29 bits per heavy atom. The molecule has 0 fully saturated rings. The average Bonchev–Trinajstić information content (AvgIpc) is 2.59. The largest absolute Gasteiger partial charge is 0.464 e. The predicted molar refractivity (Wildman–Crippen MR) is 59.2 cm³/mol. The molecule has 0 saturated carbocycles. The summed E-state index contributed by atoms with van der Waals surface area (Å²) in [4.78, 5) is 0. The van der Waals surface area contributed by atoms with Gasteiger partial charge in [-0.1, -0.05) is 22.0 Å². The molecule has 1 heterocycles. The van der Waals surface area contributed by atoms with Crippen molar-refractivity contribution in [1.82, 2.24) is 0 Å². The van der Waals surface area contributed by atoms with Crippen LogP contribution in [0.1, 0.15) is 12.5 Å². The minimum Gasteiger partial charge on any atom is -0.464 e. The maximum Gasteiger partial charge on any atom is 0.135 e. The van der Waals surface area contributed by atoms with Gasteiger partial charge in [0.05, 0.1) is 12.9 Å². The lowest BCUT2D eigenvalue weighted by molar-refractivity contribution is 0.134. The first kappa shape index (κ1) is 9.74. The van der Waals surface area contributed by atoms with Crippen molar-refractivity contribution in [2.75, 3.05) is 6.61 Å². The highest BCUT2D eigenvalue weighted by atomic mass is 79.9. The van der Waals surface area contributed by atoms with Crippen LogP contribution < -0.4 is 0 Å². The molecule has 0 aliphatic carbocycles. The van der Waals surface area contributed by atoms with Crippen molar-refractivity contribution >= 4 is 26.9 Å². The van der Waals surface area contributed by atoms with Gasteiger partial charge in [-0.25, -0.2) is 0 Å². The molecule has 2 nitrogen and oxygen atoms in total. The molecule has 0 aliphatic rings. The van der Waals surface area contributed by atoms with Gasteiger partial charge in [0.15, 0.2) is 0 Å². The highest BCUT2D eigenvalue weighted by Gasteiger charge is 2.08. The molecule has 0 amide bonds. The van der Waals surface area contributed by atoms with Crippen LogP contribution in [0.25, 0.3) is 11.0 Å². The molecule has 0 saturated heterocycles. The van der Waals surface area contributed by atoms with E-state index in [1.807, 2.05) is 25.1 Å².